The quantitative estimate of drug-likeness (QED) is 0.911. The number of likely N-dealkylation sites (N-methyl/N-ethyl adjacent to an activating group) is 1. The van der Waals surface area contributed by atoms with Crippen LogP contribution in [0.4, 0.5) is 0 Å². The molecule has 0 aliphatic carbocycles. The Morgan fingerprint density at radius 1 is 1.29 bits per heavy atom. The first-order valence-corrected chi connectivity index (χ1v) is 7.36. The summed E-state index contributed by atoms with van der Waals surface area (Å²) in [5.41, 5.74) is 1.43. The molecular weight excluding hydrogens is 290 g/mol. The van der Waals surface area contributed by atoms with Crippen LogP contribution in [0, 0.1) is 6.92 Å². The summed E-state index contributed by atoms with van der Waals surface area (Å²) in [4.78, 5) is 27.7. The van der Waals surface area contributed by atoms with Crippen LogP contribution in [0.25, 0.3) is 0 Å². The lowest BCUT2D eigenvalue weighted by Crippen LogP contribution is -2.49. The zero-order valence-electron chi connectivity index (χ0n) is 12.4. The minimum atomic E-state index is -0.191. The molecule has 21 heavy (non-hydrogen) atoms. The van der Waals surface area contributed by atoms with Gasteiger partial charge < -0.3 is 15.1 Å². The van der Waals surface area contributed by atoms with E-state index in [9.17, 15) is 9.59 Å². The molecule has 0 atom stereocenters. The van der Waals surface area contributed by atoms with Gasteiger partial charge in [-0.1, -0.05) is 11.6 Å². The zero-order valence-corrected chi connectivity index (χ0v) is 13.1. The molecule has 114 valence electrons. The van der Waals surface area contributed by atoms with E-state index in [1.54, 1.807) is 30.1 Å². The van der Waals surface area contributed by atoms with E-state index in [1.807, 2.05) is 6.92 Å². The molecule has 1 aromatic rings. The van der Waals surface area contributed by atoms with Gasteiger partial charge in [0.2, 0.25) is 5.91 Å². The maximum Gasteiger partial charge on any atom is 0.254 e. The molecule has 1 N–H and O–H groups in total. The van der Waals surface area contributed by atoms with Gasteiger partial charge in [0, 0.05) is 43.8 Å². The van der Waals surface area contributed by atoms with Crippen LogP contribution in [0.15, 0.2) is 18.2 Å². The van der Waals surface area contributed by atoms with Crippen LogP contribution >= 0.6 is 11.6 Å². The molecule has 0 spiro atoms. The van der Waals surface area contributed by atoms with Crippen LogP contribution < -0.4 is 5.32 Å². The van der Waals surface area contributed by atoms with Crippen molar-refractivity contribution in [1.29, 1.82) is 0 Å². The van der Waals surface area contributed by atoms with Gasteiger partial charge in [-0.2, -0.15) is 0 Å². The van der Waals surface area contributed by atoms with Crippen molar-refractivity contribution in [3.63, 3.8) is 0 Å². The number of nitrogens with zero attached hydrogens (tertiary/aromatic N) is 2. The second kappa shape index (κ2) is 6.91. The smallest absolute Gasteiger partial charge is 0.254 e. The Morgan fingerprint density at radius 2 is 1.95 bits per heavy atom. The second-order valence-corrected chi connectivity index (χ2v) is 5.75. The monoisotopic (exact) mass is 309 g/mol. The van der Waals surface area contributed by atoms with Crippen molar-refractivity contribution < 1.29 is 9.59 Å². The molecule has 2 amide bonds. The Hall–Kier alpha value is -1.59. The predicted octanol–water partition coefficient (Wildman–Crippen LogP) is 1.15. The van der Waals surface area contributed by atoms with E-state index in [0.29, 0.717) is 23.7 Å². The third-order valence-electron chi connectivity index (χ3n) is 3.48. The number of amides is 2. The second-order valence-electron chi connectivity index (χ2n) is 5.31. The first-order valence-electron chi connectivity index (χ1n) is 6.98. The highest BCUT2D eigenvalue weighted by Crippen LogP contribution is 2.16. The van der Waals surface area contributed by atoms with E-state index < -0.39 is 0 Å². The van der Waals surface area contributed by atoms with E-state index in [1.165, 1.54) is 4.90 Å². The fourth-order valence-corrected chi connectivity index (χ4v) is 2.66. The van der Waals surface area contributed by atoms with Crippen LogP contribution in [0.3, 0.4) is 0 Å². The number of hydrogen-bond donors (Lipinski definition) is 1. The van der Waals surface area contributed by atoms with Crippen LogP contribution in [0.2, 0.25) is 5.02 Å². The van der Waals surface area contributed by atoms with Gasteiger partial charge in [0.1, 0.15) is 0 Å². The SMILES string of the molecule is Cc1cc(Cl)cc(C(=O)N(C)CC(=O)N2CCNCC2)c1. The van der Waals surface area contributed by atoms with Crippen molar-refractivity contribution in [2.24, 2.45) is 0 Å². The van der Waals surface area contributed by atoms with Gasteiger partial charge in [0.05, 0.1) is 6.54 Å². The minimum absolute atomic E-state index is 0.0221. The van der Waals surface area contributed by atoms with Crippen molar-refractivity contribution in [3.8, 4) is 0 Å². The summed E-state index contributed by atoms with van der Waals surface area (Å²) in [5.74, 6) is -0.213. The van der Waals surface area contributed by atoms with Gasteiger partial charge in [-0.3, -0.25) is 9.59 Å². The van der Waals surface area contributed by atoms with E-state index in [2.05, 4.69) is 5.32 Å². The molecular formula is C15H20ClN3O2. The average Bonchev–Trinajstić information content (AvgIpc) is 2.46. The molecule has 1 aliphatic rings. The van der Waals surface area contributed by atoms with Gasteiger partial charge in [-0.05, 0) is 30.7 Å². The number of nitrogens with one attached hydrogen (secondary N) is 1. The van der Waals surface area contributed by atoms with E-state index in [0.717, 1.165) is 18.7 Å². The molecule has 5 nitrogen and oxygen atoms in total. The molecule has 1 aliphatic heterocycles. The third-order valence-corrected chi connectivity index (χ3v) is 3.70. The summed E-state index contributed by atoms with van der Waals surface area (Å²) < 4.78 is 0. The third kappa shape index (κ3) is 4.19. The summed E-state index contributed by atoms with van der Waals surface area (Å²) in [6, 6.07) is 5.20. The molecule has 1 saturated heterocycles. The Kier molecular flexibility index (Phi) is 5.20. The van der Waals surface area contributed by atoms with Crippen molar-refractivity contribution in [2.75, 3.05) is 39.8 Å². The summed E-state index contributed by atoms with van der Waals surface area (Å²) in [6.07, 6.45) is 0. The molecule has 2 rings (SSSR count). The number of aryl methyl sites for hydroxylation is 1. The molecule has 1 aromatic carbocycles. The highest BCUT2D eigenvalue weighted by Gasteiger charge is 2.21. The van der Waals surface area contributed by atoms with Gasteiger partial charge in [-0.25, -0.2) is 0 Å². The number of carbonyl (C=O) groups is 2. The van der Waals surface area contributed by atoms with Crippen LogP contribution in [0.5, 0.6) is 0 Å². The largest absolute Gasteiger partial charge is 0.339 e. The lowest BCUT2D eigenvalue weighted by Gasteiger charge is -2.29. The number of rotatable bonds is 3. The molecule has 1 heterocycles. The molecule has 0 aromatic heterocycles. The Balaban J connectivity index is 2.00. The first-order chi connectivity index (χ1) is 9.97. The summed E-state index contributed by atoms with van der Waals surface area (Å²) in [7, 11) is 1.64. The number of benzene rings is 1. The number of halogens is 1. The fourth-order valence-electron chi connectivity index (χ4n) is 2.37. The van der Waals surface area contributed by atoms with Crippen molar-refractivity contribution >= 4 is 23.4 Å². The molecule has 6 heteroatoms. The standard InChI is InChI=1S/C15H20ClN3O2/c1-11-7-12(9-13(16)8-11)15(21)18(2)10-14(20)19-5-3-17-4-6-19/h7-9,17H,3-6,10H2,1-2H3. The lowest BCUT2D eigenvalue weighted by molar-refractivity contribution is -0.132. The van der Waals surface area contributed by atoms with Gasteiger partial charge in [-0.15, -0.1) is 0 Å². The molecule has 0 bridgehead atoms. The van der Waals surface area contributed by atoms with Crippen molar-refractivity contribution in [2.45, 2.75) is 6.92 Å². The zero-order chi connectivity index (χ0) is 15.4. The molecule has 0 unspecified atom stereocenters. The minimum Gasteiger partial charge on any atom is -0.339 e. The Morgan fingerprint density at radius 3 is 2.57 bits per heavy atom. The molecule has 1 fully saturated rings. The Bertz CT molecular complexity index is 521. The first kappa shape index (κ1) is 15.8. The van der Waals surface area contributed by atoms with Gasteiger partial charge >= 0.3 is 0 Å². The van der Waals surface area contributed by atoms with Crippen molar-refractivity contribution in [1.82, 2.24) is 15.1 Å². The Labute approximate surface area is 129 Å². The van der Waals surface area contributed by atoms with Gasteiger partial charge in [0.15, 0.2) is 0 Å². The van der Waals surface area contributed by atoms with E-state index >= 15 is 0 Å². The summed E-state index contributed by atoms with van der Waals surface area (Å²) >= 11 is 5.97. The average molecular weight is 310 g/mol. The van der Waals surface area contributed by atoms with Gasteiger partial charge in [0.25, 0.3) is 5.91 Å². The topological polar surface area (TPSA) is 52.7 Å². The normalized spacial score (nSPS) is 14.9. The highest BCUT2D eigenvalue weighted by atomic mass is 35.5. The van der Waals surface area contributed by atoms with E-state index in [4.69, 9.17) is 11.6 Å². The van der Waals surface area contributed by atoms with Crippen molar-refractivity contribution in [3.05, 3.63) is 34.3 Å². The summed E-state index contributed by atoms with van der Waals surface area (Å²) in [6.45, 7) is 4.96. The highest BCUT2D eigenvalue weighted by molar-refractivity contribution is 6.31. The lowest BCUT2D eigenvalue weighted by atomic mass is 10.1. The maximum absolute atomic E-state index is 12.4. The number of piperazine rings is 1. The van der Waals surface area contributed by atoms with E-state index in [-0.39, 0.29) is 18.4 Å². The maximum atomic E-state index is 12.4. The summed E-state index contributed by atoms with van der Waals surface area (Å²) in [5, 5.41) is 3.72. The van der Waals surface area contributed by atoms with Crippen LogP contribution in [0.1, 0.15) is 15.9 Å². The predicted molar refractivity (Wildman–Crippen MR) is 82.6 cm³/mol. The molecule has 0 saturated carbocycles. The van der Waals surface area contributed by atoms with Crippen LogP contribution in [-0.4, -0.2) is 61.4 Å². The molecule has 0 radical (unpaired) electrons. The fraction of sp³-hybridized carbons (Fsp3) is 0.467. The van der Waals surface area contributed by atoms with Crippen LogP contribution in [-0.2, 0) is 4.79 Å². The number of hydrogen-bond acceptors (Lipinski definition) is 3. The number of carbonyl (C=O) groups excluding carboxylic acids is 2.